The minimum atomic E-state index is -0.410. The van der Waals surface area contributed by atoms with Crippen molar-refractivity contribution in [3.63, 3.8) is 0 Å². The lowest BCUT2D eigenvalue weighted by Crippen LogP contribution is -2.22. The molecule has 7 heteroatoms. The smallest absolute Gasteiger partial charge is 0.237 e. The summed E-state index contributed by atoms with van der Waals surface area (Å²) < 4.78 is 15.1. The predicted octanol–water partition coefficient (Wildman–Crippen LogP) is 4.05. The van der Waals surface area contributed by atoms with E-state index in [1.165, 1.54) is 29.5 Å². The zero-order chi connectivity index (χ0) is 18.7. The number of carbonyl (C=O) groups is 1. The van der Waals surface area contributed by atoms with Crippen molar-refractivity contribution in [1.29, 1.82) is 0 Å². The zero-order valence-electron chi connectivity index (χ0n) is 14.7. The van der Waals surface area contributed by atoms with Crippen molar-refractivity contribution < 1.29 is 9.18 Å². The third-order valence-corrected chi connectivity index (χ3v) is 5.02. The van der Waals surface area contributed by atoms with Crippen molar-refractivity contribution in [2.75, 3.05) is 5.32 Å². The number of anilines is 1. The number of aromatic nitrogens is 3. The number of thioether (sulfide) groups is 1. The van der Waals surface area contributed by atoms with Crippen LogP contribution in [0, 0.1) is 12.7 Å². The molecular formula is C19H19FN4OS. The van der Waals surface area contributed by atoms with Gasteiger partial charge in [-0.15, -0.1) is 10.2 Å². The van der Waals surface area contributed by atoms with E-state index < -0.39 is 5.25 Å². The maximum absolute atomic E-state index is 13.2. The van der Waals surface area contributed by atoms with Crippen molar-refractivity contribution in [2.45, 2.75) is 24.3 Å². The van der Waals surface area contributed by atoms with E-state index in [4.69, 9.17) is 0 Å². The first-order valence-corrected chi connectivity index (χ1v) is 9.01. The fourth-order valence-electron chi connectivity index (χ4n) is 2.39. The molecule has 1 unspecified atom stereocenters. The van der Waals surface area contributed by atoms with Crippen molar-refractivity contribution in [1.82, 2.24) is 14.8 Å². The number of carbonyl (C=O) groups excluding carboxylic acids is 1. The lowest BCUT2D eigenvalue weighted by Gasteiger charge is -2.11. The van der Waals surface area contributed by atoms with Crippen molar-refractivity contribution in [3.8, 4) is 11.4 Å². The Balaban J connectivity index is 1.70. The molecular weight excluding hydrogens is 351 g/mol. The average Bonchev–Trinajstić information content (AvgIpc) is 2.96. The van der Waals surface area contributed by atoms with Crippen LogP contribution in [0.5, 0.6) is 0 Å². The molecule has 3 rings (SSSR count). The number of benzene rings is 2. The third-order valence-electron chi connectivity index (χ3n) is 3.89. The molecule has 0 fully saturated rings. The maximum Gasteiger partial charge on any atom is 0.237 e. The largest absolute Gasteiger partial charge is 0.325 e. The van der Waals surface area contributed by atoms with Gasteiger partial charge in [0.1, 0.15) is 5.82 Å². The van der Waals surface area contributed by atoms with E-state index in [0.29, 0.717) is 10.8 Å². The van der Waals surface area contributed by atoms with Gasteiger partial charge in [-0.05, 0) is 32.0 Å². The third kappa shape index (κ3) is 4.11. The van der Waals surface area contributed by atoms with Gasteiger partial charge in [0.25, 0.3) is 0 Å². The summed E-state index contributed by atoms with van der Waals surface area (Å²) in [6, 6.07) is 13.8. The molecule has 1 atom stereocenters. The predicted molar refractivity (Wildman–Crippen MR) is 102 cm³/mol. The monoisotopic (exact) mass is 370 g/mol. The quantitative estimate of drug-likeness (QED) is 0.689. The number of aryl methyl sites for hydroxylation is 1. The first-order chi connectivity index (χ1) is 12.4. The minimum Gasteiger partial charge on any atom is -0.325 e. The molecule has 0 radical (unpaired) electrons. The molecule has 0 aliphatic carbocycles. The Hall–Kier alpha value is -2.67. The van der Waals surface area contributed by atoms with Gasteiger partial charge in [-0.25, -0.2) is 4.39 Å². The van der Waals surface area contributed by atoms with Crippen LogP contribution >= 0.6 is 11.8 Å². The van der Waals surface area contributed by atoms with Crippen LogP contribution in [0.4, 0.5) is 10.1 Å². The number of hydrogen-bond donors (Lipinski definition) is 1. The van der Waals surface area contributed by atoms with E-state index in [9.17, 15) is 9.18 Å². The molecule has 134 valence electrons. The number of halogens is 1. The van der Waals surface area contributed by atoms with Crippen LogP contribution in [0.3, 0.4) is 0 Å². The highest BCUT2D eigenvalue weighted by Gasteiger charge is 2.19. The number of nitrogens with one attached hydrogen (secondary N) is 1. The molecule has 5 nitrogen and oxygen atoms in total. The molecule has 26 heavy (non-hydrogen) atoms. The van der Waals surface area contributed by atoms with Gasteiger partial charge in [0.15, 0.2) is 11.0 Å². The highest BCUT2D eigenvalue weighted by atomic mass is 32.2. The van der Waals surface area contributed by atoms with E-state index in [0.717, 1.165) is 11.4 Å². The molecule has 0 aliphatic rings. The van der Waals surface area contributed by atoms with Gasteiger partial charge in [-0.2, -0.15) is 0 Å². The van der Waals surface area contributed by atoms with Crippen LogP contribution in [0.25, 0.3) is 11.4 Å². The zero-order valence-corrected chi connectivity index (χ0v) is 15.5. The Labute approximate surface area is 155 Å². The summed E-state index contributed by atoms with van der Waals surface area (Å²) in [4.78, 5) is 12.3. The topological polar surface area (TPSA) is 59.8 Å². The molecule has 0 aliphatic heterocycles. The van der Waals surface area contributed by atoms with Crippen molar-refractivity contribution >= 4 is 23.4 Å². The highest BCUT2D eigenvalue weighted by molar-refractivity contribution is 8.00. The summed E-state index contributed by atoms with van der Waals surface area (Å²) in [6.07, 6.45) is 0. The Kier molecular flexibility index (Phi) is 5.37. The molecule has 1 amide bonds. The van der Waals surface area contributed by atoms with Crippen LogP contribution in [-0.4, -0.2) is 25.9 Å². The van der Waals surface area contributed by atoms with Crippen LogP contribution in [-0.2, 0) is 11.8 Å². The molecule has 0 bridgehead atoms. The van der Waals surface area contributed by atoms with Gasteiger partial charge in [0.2, 0.25) is 5.91 Å². The van der Waals surface area contributed by atoms with Gasteiger partial charge in [-0.3, -0.25) is 4.79 Å². The standard InChI is InChI=1S/C19H19FN4OS/c1-12-7-9-14(10-8-12)17-22-23-19(24(17)3)26-13(2)18(25)21-16-6-4-5-15(20)11-16/h4-11,13H,1-3H3,(H,21,25). The Morgan fingerprint density at radius 2 is 1.92 bits per heavy atom. The first-order valence-electron chi connectivity index (χ1n) is 8.13. The van der Waals surface area contributed by atoms with Crippen LogP contribution in [0.1, 0.15) is 12.5 Å². The van der Waals surface area contributed by atoms with Gasteiger partial charge in [0, 0.05) is 18.3 Å². The maximum atomic E-state index is 13.2. The van der Waals surface area contributed by atoms with E-state index in [1.54, 1.807) is 19.1 Å². The molecule has 0 spiro atoms. The summed E-state index contributed by atoms with van der Waals surface area (Å²) in [5, 5.41) is 11.4. The minimum absolute atomic E-state index is 0.222. The van der Waals surface area contributed by atoms with Crippen LogP contribution in [0.15, 0.2) is 53.7 Å². The second-order valence-electron chi connectivity index (χ2n) is 5.99. The normalized spacial score (nSPS) is 12.0. The summed E-state index contributed by atoms with van der Waals surface area (Å²) in [6.45, 7) is 3.81. The summed E-state index contributed by atoms with van der Waals surface area (Å²) in [5.41, 5.74) is 2.57. The first kappa shape index (κ1) is 18.1. The van der Waals surface area contributed by atoms with E-state index in [-0.39, 0.29) is 11.7 Å². The number of amides is 1. The Bertz CT molecular complexity index is 924. The second kappa shape index (κ2) is 7.70. The van der Waals surface area contributed by atoms with E-state index >= 15 is 0 Å². The van der Waals surface area contributed by atoms with E-state index in [2.05, 4.69) is 15.5 Å². The number of nitrogens with zero attached hydrogens (tertiary/aromatic N) is 3. The average molecular weight is 370 g/mol. The van der Waals surface area contributed by atoms with E-state index in [1.807, 2.05) is 42.8 Å². The lowest BCUT2D eigenvalue weighted by atomic mass is 10.1. The van der Waals surface area contributed by atoms with Gasteiger partial charge < -0.3 is 9.88 Å². The van der Waals surface area contributed by atoms with Crippen molar-refractivity contribution in [2.24, 2.45) is 7.05 Å². The molecule has 0 saturated carbocycles. The second-order valence-corrected chi connectivity index (χ2v) is 7.30. The Morgan fingerprint density at radius 3 is 2.62 bits per heavy atom. The molecule has 1 heterocycles. The number of rotatable bonds is 5. The molecule has 1 aromatic heterocycles. The highest BCUT2D eigenvalue weighted by Crippen LogP contribution is 2.26. The van der Waals surface area contributed by atoms with Crippen LogP contribution < -0.4 is 5.32 Å². The summed E-state index contributed by atoms with van der Waals surface area (Å²) >= 11 is 1.30. The summed E-state index contributed by atoms with van der Waals surface area (Å²) in [5.74, 6) is 0.130. The Morgan fingerprint density at radius 1 is 1.19 bits per heavy atom. The van der Waals surface area contributed by atoms with Crippen molar-refractivity contribution in [3.05, 3.63) is 59.9 Å². The van der Waals surface area contributed by atoms with Gasteiger partial charge in [-0.1, -0.05) is 47.7 Å². The molecule has 1 N–H and O–H groups in total. The van der Waals surface area contributed by atoms with Gasteiger partial charge in [0.05, 0.1) is 5.25 Å². The van der Waals surface area contributed by atoms with Crippen LogP contribution in [0.2, 0.25) is 0 Å². The molecule has 3 aromatic rings. The fraction of sp³-hybridized carbons (Fsp3) is 0.211. The van der Waals surface area contributed by atoms with Gasteiger partial charge >= 0.3 is 0 Å². The lowest BCUT2D eigenvalue weighted by molar-refractivity contribution is -0.115. The molecule has 2 aromatic carbocycles. The summed E-state index contributed by atoms with van der Waals surface area (Å²) in [7, 11) is 1.87. The number of hydrogen-bond acceptors (Lipinski definition) is 4. The molecule has 0 saturated heterocycles. The fourth-order valence-corrected chi connectivity index (χ4v) is 3.21. The SMILES string of the molecule is Cc1ccc(-c2nnc(SC(C)C(=O)Nc3cccc(F)c3)n2C)cc1.